The standard InChI is InChI=1S/C18H16ClN3O2/c1-10(23)11-6-17(20-8-11)18(24)22-5-4-16-14(9-22)13-7-12(19)2-3-15(13)21-16/h2-3,6-8,20-21H,4-5,9H2,1H3. The SMILES string of the molecule is CC(=O)c1c[nH]c(C(=O)N2CCc3[nH]c4ccc(Cl)cc4c3C2)c1. The fourth-order valence-electron chi connectivity index (χ4n) is 3.25. The zero-order valence-electron chi connectivity index (χ0n) is 13.1. The van der Waals surface area contributed by atoms with Crippen molar-refractivity contribution < 1.29 is 9.59 Å². The summed E-state index contributed by atoms with van der Waals surface area (Å²) in [6.45, 7) is 2.66. The summed E-state index contributed by atoms with van der Waals surface area (Å²) in [4.78, 5) is 32.2. The van der Waals surface area contributed by atoms with Gasteiger partial charge in [0.25, 0.3) is 5.91 Å². The summed E-state index contributed by atoms with van der Waals surface area (Å²) in [6.07, 6.45) is 2.35. The van der Waals surface area contributed by atoms with Crippen molar-refractivity contribution in [2.24, 2.45) is 0 Å². The van der Waals surface area contributed by atoms with Crippen molar-refractivity contribution in [1.82, 2.24) is 14.9 Å². The monoisotopic (exact) mass is 341 g/mol. The van der Waals surface area contributed by atoms with Gasteiger partial charge in [0, 0.05) is 58.5 Å². The first kappa shape index (κ1) is 15.0. The van der Waals surface area contributed by atoms with Crippen molar-refractivity contribution in [1.29, 1.82) is 0 Å². The number of aromatic amines is 2. The van der Waals surface area contributed by atoms with Crippen LogP contribution in [0.3, 0.4) is 0 Å². The second kappa shape index (κ2) is 5.53. The van der Waals surface area contributed by atoms with Gasteiger partial charge >= 0.3 is 0 Å². The van der Waals surface area contributed by atoms with E-state index in [0.717, 1.165) is 28.6 Å². The summed E-state index contributed by atoms with van der Waals surface area (Å²) >= 11 is 6.11. The highest BCUT2D eigenvalue weighted by molar-refractivity contribution is 6.31. The highest BCUT2D eigenvalue weighted by Gasteiger charge is 2.25. The highest BCUT2D eigenvalue weighted by Crippen LogP contribution is 2.30. The van der Waals surface area contributed by atoms with Gasteiger partial charge in [-0.1, -0.05) is 11.6 Å². The molecule has 0 saturated carbocycles. The van der Waals surface area contributed by atoms with E-state index in [1.54, 1.807) is 17.2 Å². The summed E-state index contributed by atoms with van der Waals surface area (Å²) < 4.78 is 0. The van der Waals surface area contributed by atoms with Crippen LogP contribution in [0.2, 0.25) is 5.02 Å². The molecular weight excluding hydrogens is 326 g/mol. The van der Waals surface area contributed by atoms with Gasteiger partial charge in [-0.3, -0.25) is 9.59 Å². The number of Topliss-reactive ketones (excluding diaryl/α,β-unsaturated/α-hetero) is 1. The van der Waals surface area contributed by atoms with Gasteiger partial charge in [-0.05, 0) is 31.2 Å². The number of fused-ring (bicyclic) bond motifs is 3. The average Bonchev–Trinajstić information content (AvgIpc) is 3.18. The number of amides is 1. The molecule has 0 unspecified atom stereocenters. The van der Waals surface area contributed by atoms with E-state index in [1.165, 1.54) is 6.92 Å². The Morgan fingerprint density at radius 1 is 1.25 bits per heavy atom. The van der Waals surface area contributed by atoms with E-state index >= 15 is 0 Å². The smallest absolute Gasteiger partial charge is 0.270 e. The summed E-state index contributed by atoms with van der Waals surface area (Å²) in [5.41, 5.74) is 4.28. The first-order valence-electron chi connectivity index (χ1n) is 7.80. The third-order valence-corrected chi connectivity index (χ3v) is 4.78. The van der Waals surface area contributed by atoms with Crippen molar-refractivity contribution in [2.75, 3.05) is 6.54 Å². The molecule has 1 aliphatic heterocycles. The predicted molar refractivity (Wildman–Crippen MR) is 92.6 cm³/mol. The molecule has 0 radical (unpaired) electrons. The predicted octanol–water partition coefficient (Wildman–Crippen LogP) is 3.55. The maximum Gasteiger partial charge on any atom is 0.270 e. The fraction of sp³-hybridized carbons (Fsp3) is 0.222. The van der Waals surface area contributed by atoms with Crippen molar-refractivity contribution >= 4 is 34.2 Å². The Labute approximate surface area is 143 Å². The number of aromatic nitrogens is 2. The second-order valence-corrected chi connectivity index (χ2v) is 6.54. The molecule has 0 atom stereocenters. The molecule has 1 aliphatic rings. The van der Waals surface area contributed by atoms with Gasteiger partial charge in [0.15, 0.2) is 5.78 Å². The highest BCUT2D eigenvalue weighted by atomic mass is 35.5. The number of ketones is 1. The lowest BCUT2D eigenvalue weighted by molar-refractivity contribution is 0.0730. The van der Waals surface area contributed by atoms with E-state index in [9.17, 15) is 9.59 Å². The fourth-order valence-corrected chi connectivity index (χ4v) is 3.42. The number of carbonyl (C=O) groups excluding carboxylic acids is 2. The van der Waals surface area contributed by atoms with Crippen LogP contribution >= 0.6 is 11.6 Å². The van der Waals surface area contributed by atoms with E-state index in [0.29, 0.717) is 29.4 Å². The van der Waals surface area contributed by atoms with E-state index in [-0.39, 0.29) is 11.7 Å². The number of carbonyl (C=O) groups is 2. The first-order valence-corrected chi connectivity index (χ1v) is 8.18. The van der Waals surface area contributed by atoms with Gasteiger partial charge in [0.1, 0.15) is 5.69 Å². The Morgan fingerprint density at radius 2 is 2.08 bits per heavy atom. The van der Waals surface area contributed by atoms with E-state index in [4.69, 9.17) is 11.6 Å². The van der Waals surface area contributed by atoms with Gasteiger partial charge in [0.05, 0.1) is 0 Å². The minimum Gasteiger partial charge on any atom is -0.358 e. The third-order valence-electron chi connectivity index (χ3n) is 4.54. The van der Waals surface area contributed by atoms with Crippen LogP contribution in [-0.4, -0.2) is 33.1 Å². The van der Waals surface area contributed by atoms with Gasteiger partial charge in [-0.2, -0.15) is 0 Å². The Balaban J connectivity index is 1.65. The number of hydrogen-bond acceptors (Lipinski definition) is 2. The van der Waals surface area contributed by atoms with Crippen LogP contribution in [0, 0.1) is 0 Å². The van der Waals surface area contributed by atoms with Crippen molar-refractivity contribution in [3.05, 3.63) is 58.0 Å². The minimum absolute atomic E-state index is 0.0579. The molecular formula is C18H16ClN3O2. The van der Waals surface area contributed by atoms with E-state index in [2.05, 4.69) is 9.97 Å². The van der Waals surface area contributed by atoms with Crippen molar-refractivity contribution in [3.63, 3.8) is 0 Å². The topological polar surface area (TPSA) is 69.0 Å². The molecule has 0 bridgehead atoms. The van der Waals surface area contributed by atoms with Crippen LogP contribution < -0.4 is 0 Å². The lowest BCUT2D eigenvalue weighted by Crippen LogP contribution is -2.36. The third kappa shape index (κ3) is 2.41. The number of nitrogens with zero attached hydrogens (tertiary/aromatic N) is 1. The lowest BCUT2D eigenvalue weighted by Gasteiger charge is -2.26. The zero-order chi connectivity index (χ0) is 16.8. The maximum absolute atomic E-state index is 12.7. The number of halogens is 1. The van der Waals surface area contributed by atoms with Crippen LogP contribution in [-0.2, 0) is 13.0 Å². The van der Waals surface area contributed by atoms with Crippen LogP contribution in [0.15, 0.2) is 30.5 Å². The van der Waals surface area contributed by atoms with Crippen LogP contribution in [0.4, 0.5) is 0 Å². The van der Waals surface area contributed by atoms with Gasteiger partial charge in [-0.25, -0.2) is 0 Å². The minimum atomic E-state index is -0.0930. The quantitative estimate of drug-likeness (QED) is 0.700. The van der Waals surface area contributed by atoms with Gasteiger partial charge in [0.2, 0.25) is 0 Å². The normalized spacial score (nSPS) is 14.0. The number of nitrogens with one attached hydrogen (secondary N) is 2. The Hall–Kier alpha value is -2.53. The van der Waals surface area contributed by atoms with Gasteiger partial charge < -0.3 is 14.9 Å². The van der Waals surface area contributed by atoms with Crippen LogP contribution in [0.1, 0.15) is 39.0 Å². The largest absolute Gasteiger partial charge is 0.358 e. The molecule has 0 spiro atoms. The molecule has 2 aromatic heterocycles. The molecule has 0 fully saturated rings. The molecule has 122 valence electrons. The molecule has 3 heterocycles. The van der Waals surface area contributed by atoms with Crippen molar-refractivity contribution in [3.8, 4) is 0 Å². The Bertz CT molecular complexity index is 970. The maximum atomic E-state index is 12.7. The number of hydrogen-bond donors (Lipinski definition) is 2. The van der Waals surface area contributed by atoms with E-state index in [1.807, 2.05) is 18.2 Å². The molecule has 5 nitrogen and oxygen atoms in total. The summed E-state index contributed by atoms with van der Waals surface area (Å²) in [6, 6.07) is 7.37. The second-order valence-electron chi connectivity index (χ2n) is 6.11. The molecule has 3 aromatic rings. The molecule has 0 aliphatic carbocycles. The number of H-pyrrole nitrogens is 2. The molecule has 4 rings (SSSR count). The molecule has 2 N–H and O–H groups in total. The molecule has 6 heteroatoms. The van der Waals surface area contributed by atoms with E-state index < -0.39 is 0 Å². The van der Waals surface area contributed by atoms with Crippen LogP contribution in [0.25, 0.3) is 10.9 Å². The summed E-state index contributed by atoms with van der Waals surface area (Å²) in [5, 5.41) is 1.74. The summed E-state index contributed by atoms with van der Waals surface area (Å²) in [7, 11) is 0. The number of rotatable bonds is 2. The van der Waals surface area contributed by atoms with Gasteiger partial charge in [-0.15, -0.1) is 0 Å². The Morgan fingerprint density at radius 3 is 2.83 bits per heavy atom. The van der Waals surface area contributed by atoms with Crippen LogP contribution in [0.5, 0.6) is 0 Å². The lowest BCUT2D eigenvalue weighted by atomic mass is 10.0. The molecule has 24 heavy (non-hydrogen) atoms. The Kier molecular flexibility index (Phi) is 3.46. The average molecular weight is 342 g/mol. The molecule has 1 amide bonds. The molecule has 1 aromatic carbocycles. The summed E-state index contributed by atoms with van der Waals surface area (Å²) in [5.74, 6) is -0.151. The van der Waals surface area contributed by atoms with Crippen molar-refractivity contribution in [2.45, 2.75) is 19.9 Å². The first-order chi connectivity index (χ1) is 11.5. The zero-order valence-corrected chi connectivity index (χ0v) is 13.9. The number of benzene rings is 1. The molecule has 0 saturated heterocycles.